The monoisotopic (exact) mass is 685 g/mol. The van der Waals surface area contributed by atoms with Crippen molar-refractivity contribution in [1.82, 2.24) is 0 Å². The normalized spacial score (nSPS) is 17.3. The van der Waals surface area contributed by atoms with Gasteiger partial charge in [-0.15, -0.1) is 23.2 Å². The van der Waals surface area contributed by atoms with E-state index in [-0.39, 0.29) is 67.0 Å². The van der Waals surface area contributed by atoms with Gasteiger partial charge in [0.2, 0.25) is 11.8 Å². The Morgan fingerprint density at radius 2 is 1.28 bits per heavy atom. The maximum atomic E-state index is 13.6. The smallest absolute Gasteiger partial charge is 0.465 e. The third-order valence-electron chi connectivity index (χ3n) is 8.51. The Morgan fingerprint density at radius 1 is 0.804 bits per heavy atom. The molecule has 0 bridgehead atoms. The van der Waals surface area contributed by atoms with E-state index >= 15 is 0 Å². The number of rotatable bonds is 9. The number of nitrogens with zero attached hydrogens (tertiary/aromatic N) is 2. The lowest BCUT2D eigenvalue weighted by molar-refractivity contribution is -0.119. The van der Waals surface area contributed by atoms with E-state index in [1.54, 1.807) is 35.2 Å². The molecule has 0 radical (unpaired) electrons. The Labute approximate surface area is 273 Å². The molecule has 0 saturated heterocycles. The third-order valence-corrected chi connectivity index (χ3v) is 9.69. The van der Waals surface area contributed by atoms with Crippen LogP contribution in [0.2, 0.25) is 0 Å². The summed E-state index contributed by atoms with van der Waals surface area (Å²) in [7, 11) is -4.89. The van der Waals surface area contributed by atoms with Crippen molar-refractivity contribution >= 4 is 87.5 Å². The number of fused-ring (bicyclic) bond motifs is 6. The highest BCUT2D eigenvalue weighted by molar-refractivity contribution is 7.46. The third kappa shape index (κ3) is 6.01. The quantitative estimate of drug-likeness (QED) is 0.111. The molecule has 4 aromatic rings. The van der Waals surface area contributed by atoms with Gasteiger partial charge < -0.3 is 19.4 Å². The minimum atomic E-state index is -4.89. The Morgan fingerprint density at radius 3 is 1.78 bits per heavy atom. The van der Waals surface area contributed by atoms with Crippen molar-refractivity contribution in [3.8, 4) is 5.75 Å². The molecule has 0 aliphatic carbocycles. The summed E-state index contributed by atoms with van der Waals surface area (Å²) in [6.45, 7) is 0.608. The maximum absolute atomic E-state index is 13.6. The van der Waals surface area contributed by atoms with E-state index in [1.807, 2.05) is 24.3 Å². The van der Waals surface area contributed by atoms with Gasteiger partial charge in [-0.05, 0) is 34.4 Å². The number of carboxylic acid groups (broad SMARTS) is 1. The summed E-state index contributed by atoms with van der Waals surface area (Å²) in [5.41, 5.74) is 3.10. The first-order chi connectivity index (χ1) is 22.0. The predicted molar refractivity (Wildman–Crippen MR) is 178 cm³/mol. The predicted octanol–water partition coefficient (Wildman–Crippen LogP) is 6.76. The highest BCUT2D eigenvalue weighted by Crippen LogP contribution is 2.49. The molecule has 240 valence electrons. The molecule has 11 nitrogen and oxygen atoms in total. The zero-order valence-corrected chi connectivity index (χ0v) is 26.8. The van der Waals surface area contributed by atoms with Crippen LogP contribution in [0.15, 0.2) is 60.7 Å². The summed E-state index contributed by atoms with van der Waals surface area (Å²) in [5.74, 6) is -0.408. The number of nitrogens with one attached hydrogen (secondary N) is 1. The summed E-state index contributed by atoms with van der Waals surface area (Å²) in [6.07, 6.45) is -0.898. The van der Waals surface area contributed by atoms with Gasteiger partial charge in [-0.25, -0.2) is 9.36 Å². The van der Waals surface area contributed by atoms with Gasteiger partial charge in [-0.1, -0.05) is 48.5 Å². The minimum Gasteiger partial charge on any atom is -0.465 e. The molecule has 6 rings (SSSR count). The van der Waals surface area contributed by atoms with Gasteiger partial charge in [0.1, 0.15) is 5.75 Å². The fourth-order valence-corrected chi connectivity index (χ4v) is 7.58. The average Bonchev–Trinajstić information content (AvgIpc) is 3.59. The Bertz CT molecular complexity index is 1930. The Balaban J connectivity index is 1.23. The van der Waals surface area contributed by atoms with Gasteiger partial charge in [-0.2, -0.15) is 0 Å². The summed E-state index contributed by atoms with van der Waals surface area (Å²) in [5, 5.41) is 14.6. The van der Waals surface area contributed by atoms with E-state index < -0.39 is 13.9 Å². The number of amides is 3. The van der Waals surface area contributed by atoms with Crippen molar-refractivity contribution in [2.75, 3.05) is 40.0 Å². The van der Waals surface area contributed by atoms with Crippen LogP contribution in [0.3, 0.4) is 0 Å². The number of phosphoric ester groups is 1. The van der Waals surface area contributed by atoms with E-state index in [0.717, 1.165) is 16.5 Å². The van der Waals surface area contributed by atoms with E-state index in [0.29, 0.717) is 39.8 Å². The molecule has 3 amide bonds. The molecule has 4 aromatic carbocycles. The summed E-state index contributed by atoms with van der Waals surface area (Å²) >= 11 is 12.7. The number of carbonyl (C=O) groups excluding carboxylic acids is 2. The molecule has 4 N–H and O–H groups in total. The zero-order valence-electron chi connectivity index (χ0n) is 24.4. The molecule has 0 saturated carbocycles. The largest absolute Gasteiger partial charge is 0.524 e. The van der Waals surface area contributed by atoms with E-state index in [9.17, 15) is 33.8 Å². The van der Waals surface area contributed by atoms with Crippen molar-refractivity contribution in [2.24, 2.45) is 0 Å². The summed E-state index contributed by atoms with van der Waals surface area (Å²) < 4.78 is 16.7. The Kier molecular flexibility index (Phi) is 8.89. The van der Waals surface area contributed by atoms with Gasteiger partial charge in [-0.3, -0.25) is 24.7 Å². The molecule has 14 heteroatoms. The highest BCUT2D eigenvalue weighted by Gasteiger charge is 2.37. The van der Waals surface area contributed by atoms with Gasteiger partial charge in [0.15, 0.2) is 0 Å². The van der Waals surface area contributed by atoms with Crippen LogP contribution in [0.25, 0.3) is 21.5 Å². The van der Waals surface area contributed by atoms with Crippen LogP contribution >= 0.6 is 31.0 Å². The number of alkyl halides is 2. The molecule has 0 spiro atoms. The Hall–Kier alpha value is -3.86. The van der Waals surface area contributed by atoms with Gasteiger partial charge in [0.05, 0.1) is 11.4 Å². The van der Waals surface area contributed by atoms with Crippen molar-refractivity contribution in [1.29, 1.82) is 0 Å². The van der Waals surface area contributed by atoms with Crippen LogP contribution in [0.4, 0.5) is 21.9 Å². The first-order valence-electron chi connectivity index (χ1n) is 14.6. The zero-order chi connectivity index (χ0) is 32.7. The molecular weight excluding hydrogens is 656 g/mol. The van der Waals surface area contributed by atoms with E-state index in [4.69, 9.17) is 27.7 Å². The highest BCUT2D eigenvalue weighted by atomic mass is 35.5. The van der Waals surface area contributed by atoms with Crippen LogP contribution in [0.1, 0.15) is 42.2 Å². The van der Waals surface area contributed by atoms with Crippen molar-refractivity contribution < 1.29 is 38.4 Å². The lowest BCUT2D eigenvalue weighted by atomic mass is 9.95. The van der Waals surface area contributed by atoms with E-state index in [1.165, 1.54) is 11.0 Å². The van der Waals surface area contributed by atoms with E-state index in [2.05, 4.69) is 5.32 Å². The number of hydrogen-bond donors (Lipinski definition) is 4. The van der Waals surface area contributed by atoms with Gasteiger partial charge in [0, 0.05) is 72.1 Å². The second-order valence-electron chi connectivity index (χ2n) is 11.3. The summed E-state index contributed by atoms with van der Waals surface area (Å²) in [6, 6.07) is 17.5. The topological polar surface area (TPSA) is 157 Å². The van der Waals surface area contributed by atoms with Crippen molar-refractivity contribution in [2.45, 2.75) is 31.1 Å². The number of phosphoric acid groups is 1. The molecule has 2 aliphatic heterocycles. The number of hydrogen-bond acceptors (Lipinski definition) is 5. The lowest BCUT2D eigenvalue weighted by Crippen LogP contribution is -2.32. The SMILES string of the molecule is O=C(O)Nc1cc2c(c3ccccc13)[C@H](CCl)CN2C(=O)CCCC(=O)N1C[C@@H](CCl)c2c1cc(OP(=O)(O)O)c1ccccc21. The number of halogens is 2. The maximum Gasteiger partial charge on any atom is 0.524 e. The second kappa shape index (κ2) is 12.7. The fraction of sp³-hybridized carbons (Fsp3) is 0.281. The van der Waals surface area contributed by atoms with Crippen LogP contribution < -0.4 is 19.6 Å². The summed E-state index contributed by atoms with van der Waals surface area (Å²) in [4.78, 5) is 60.9. The molecule has 2 atom stereocenters. The molecule has 2 heterocycles. The standard InChI is InChI=1S/C32H30Cl2N3O8P/c33-14-18-16-36(25-12-24(35-32(40)41)20-6-1-3-8-22(20)30(18)25)28(38)10-5-11-29(39)37-17-19(15-34)31-23-9-4-2-7-21(23)27(13-26(31)37)45-46(42,43)44/h1-4,6-9,12-13,18-19,35H,5,10-11,14-17H2,(H,40,41)(H2,42,43,44)/t18-,19-/m1/s1. The molecular formula is C32H30Cl2N3O8P. The van der Waals surface area contributed by atoms with Crippen molar-refractivity contribution in [3.05, 3.63) is 71.8 Å². The van der Waals surface area contributed by atoms with Gasteiger partial charge >= 0.3 is 13.9 Å². The minimum absolute atomic E-state index is 0.0326. The molecule has 0 unspecified atom stereocenters. The number of carbonyl (C=O) groups is 3. The van der Waals surface area contributed by atoms with Crippen molar-refractivity contribution in [3.63, 3.8) is 0 Å². The molecule has 2 aliphatic rings. The first-order valence-corrected chi connectivity index (χ1v) is 17.2. The van der Waals surface area contributed by atoms with Crippen LogP contribution in [0, 0.1) is 0 Å². The van der Waals surface area contributed by atoms with Gasteiger partial charge in [0.25, 0.3) is 0 Å². The fourth-order valence-electron chi connectivity index (χ4n) is 6.67. The number of anilines is 3. The molecule has 0 aromatic heterocycles. The number of benzene rings is 4. The average molecular weight is 686 g/mol. The molecule has 0 fully saturated rings. The lowest BCUT2D eigenvalue weighted by Gasteiger charge is -2.21. The second-order valence-corrected chi connectivity index (χ2v) is 13.1. The van der Waals surface area contributed by atoms with Crippen LogP contribution in [-0.4, -0.2) is 57.7 Å². The first kappa shape index (κ1) is 32.1. The van der Waals surface area contributed by atoms with Crippen LogP contribution in [0.5, 0.6) is 5.75 Å². The van der Waals surface area contributed by atoms with Crippen LogP contribution in [-0.2, 0) is 14.2 Å². The molecule has 46 heavy (non-hydrogen) atoms.